The van der Waals surface area contributed by atoms with Gasteiger partial charge in [0.15, 0.2) is 0 Å². The molecule has 0 spiro atoms. The van der Waals surface area contributed by atoms with Gasteiger partial charge in [-0.2, -0.15) is 5.10 Å². The van der Waals surface area contributed by atoms with E-state index in [1.807, 2.05) is 10.9 Å². The average molecular weight is 194 g/mol. The monoisotopic (exact) mass is 194 g/mol. The van der Waals surface area contributed by atoms with Gasteiger partial charge in [0.25, 0.3) is 0 Å². The molecule has 2 N–H and O–H groups in total. The summed E-state index contributed by atoms with van der Waals surface area (Å²) in [5, 5.41) is 11.1. The van der Waals surface area contributed by atoms with Gasteiger partial charge in [-0.15, -0.1) is 0 Å². The molecule has 0 amide bonds. The quantitative estimate of drug-likeness (QED) is 0.753. The van der Waals surface area contributed by atoms with Gasteiger partial charge in [-0.1, -0.05) is 0 Å². The Hall–Kier alpha value is -1.03. The van der Waals surface area contributed by atoms with E-state index < -0.39 is 0 Å². The molecule has 2 heterocycles. The van der Waals surface area contributed by atoms with Crippen LogP contribution in [0.4, 0.5) is 5.69 Å². The number of nitrogens with zero attached hydrogens (tertiary/aromatic N) is 2. The van der Waals surface area contributed by atoms with Crippen molar-refractivity contribution in [2.75, 3.05) is 18.4 Å². The van der Waals surface area contributed by atoms with Crippen molar-refractivity contribution < 1.29 is 0 Å². The number of aromatic nitrogens is 2. The Morgan fingerprint density at radius 3 is 3.29 bits per heavy atom. The van der Waals surface area contributed by atoms with E-state index in [1.165, 1.54) is 19.4 Å². The molecular weight excluding hydrogens is 176 g/mol. The van der Waals surface area contributed by atoms with Crippen LogP contribution < -0.4 is 10.6 Å². The Labute approximate surface area is 84.7 Å². The summed E-state index contributed by atoms with van der Waals surface area (Å²) in [5.74, 6) is 0. The van der Waals surface area contributed by atoms with Crippen LogP contribution >= 0.6 is 0 Å². The van der Waals surface area contributed by atoms with E-state index in [2.05, 4.69) is 28.9 Å². The van der Waals surface area contributed by atoms with Gasteiger partial charge < -0.3 is 10.6 Å². The summed E-state index contributed by atoms with van der Waals surface area (Å²) in [6.07, 6.45) is 6.53. The van der Waals surface area contributed by atoms with Gasteiger partial charge in [0.2, 0.25) is 0 Å². The molecule has 1 aliphatic rings. The summed E-state index contributed by atoms with van der Waals surface area (Å²) < 4.78 is 1.93. The molecule has 0 bridgehead atoms. The number of anilines is 1. The Kier molecular flexibility index (Phi) is 3.03. The molecule has 4 nitrogen and oxygen atoms in total. The van der Waals surface area contributed by atoms with Gasteiger partial charge in [-0.3, -0.25) is 4.68 Å². The zero-order chi connectivity index (χ0) is 9.80. The lowest BCUT2D eigenvalue weighted by Gasteiger charge is -2.10. The van der Waals surface area contributed by atoms with Crippen LogP contribution in [0.3, 0.4) is 0 Å². The summed E-state index contributed by atoms with van der Waals surface area (Å²) in [5.41, 5.74) is 1.13. The number of aryl methyl sites for hydroxylation is 1. The normalized spacial score (nSPS) is 21.4. The highest BCUT2D eigenvalue weighted by molar-refractivity contribution is 5.38. The predicted octanol–water partition coefficient (Wildman–Crippen LogP) is 1.07. The third-order valence-electron chi connectivity index (χ3n) is 2.67. The van der Waals surface area contributed by atoms with Crippen molar-refractivity contribution in [2.24, 2.45) is 0 Å². The van der Waals surface area contributed by atoms with E-state index in [-0.39, 0.29) is 0 Å². The molecule has 1 aromatic rings. The minimum Gasteiger partial charge on any atom is -0.381 e. The minimum absolute atomic E-state index is 0.639. The van der Waals surface area contributed by atoms with E-state index in [0.717, 1.165) is 18.8 Å². The Balaban J connectivity index is 1.79. The molecule has 0 aromatic carbocycles. The summed E-state index contributed by atoms with van der Waals surface area (Å²) >= 11 is 0. The zero-order valence-electron chi connectivity index (χ0n) is 8.66. The predicted molar refractivity (Wildman–Crippen MR) is 57.4 cm³/mol. The first-order chi connectivity index (χ1) is 6.88. The molecule has 4 heteroatoms. The fraction of sp³-hybridized carbons (Fsp3) is 0.700. The molecular formula is C10H18N4. The highest BCUT2D eigenvalue weighted by Crippen LogP contribution is 2.08. The zero-order valence-corrected chi connectivity index (χ0v) is 8.66. The van der Waals surface area contributed by atoms with Crippen LogP contribution in [0.15, 0.2) is 12.4 Å². The molecule has 1 aromatic heterocycles. The Morgan fingerprint density at radius 1 is 1.71 bits per heavy atom. The lowest BCUT2D eigenvalue weighted by atomic mass is 10.2. The topological polar surface area (TPSA) is 41.9 Å². The van der Waals surface area contributed by atoms with Crippen LogP contribution in [-0.2, 0) is 6.54 Å². The second kappa shape index (κ2) is 4.46. The van der Waals surface area contributed by atoms with E-state index in [1.54, 1.807) is 0 Å². The van der Waals surface area contributed by atoms with E-state index in [0.29, 0.717) is 6.04 Å². The highest BCUT2D eigenvalue weighted by Gasteiger charge is 2.13. The molecule has 1 atom stereocenters. The number of hydrogen-bond donors (Lipinski definition) is 2. The summed E-state index contributed by atoms with van der Waals surface area (Å²) in [4.78, 5) is 0. The van der Waals surface area contributed by atoms with Crippen LogP contribution in [0, 0.1) is 0 Å². The average Bonchev–Trinajstić information content (AvgIpc) is 2.86. The number of hydrogen-bond acceptors (Lipinski definition) is 3. The van der Waals surface area contributed by atoms with Crippen LogP contribution in [-0.4, -0.2) is 28.9 Å². The van der Waals surface area contributed by atoms with Crippen molar-refractivity contribution in [2.45, 2.75) is 32.4 Å². The fourth-order valence-corrected chi connectivity index (χ4v) is 1.80. The van der Waals surface area contributed by atoms with Gasteiger partial charge in [0.1, 0.15) is 0 Å². The van der Waals surface area contributed by atoms with Crippen molar-refractivity contribution in [1.29, 1.82) is 0 Å². The van der Waals surface area contributed by atoms with Crippen LogP contribution in [0.2, 0.25) is 0 Å². The van der Waals surface area contributed by atoms with Crippen molar-refractivity contribution in [1.82, 2.24) is 15.1 Å². The van der Waals surface area contributed by atoms with Crippen LogP contribution in [0.5, 0.6) is 0 Å². The first kappa shape index (κ1) is 9.52. The summed E-state index contributed by atoms with van der Waals surface area (Å²) in [7, 11) is 0. The molecule has 2 rings (SSSR count). The third-order valence-corrected chi connectivity index (χ3v) is 2.67. The summed E-state index contributed by atoms with van der Waals surface area (Å²) in [6.45, 7) is 5.20. The van der Waals surface area contributed by atoms with Crippen molar-refractivity contribution in [3.8, 4) is 0 Å². The SMILES string of the molecule is CCn1cc(NCC2CCCN2)cn1. The van der Waals surface area contributed by atoms with Crippen molar-refractivity contribution >= 4 is 5.69 Å². The van der Waals surface area contributed by atoms with Gasteiger partial charge >= 0.3 is 0 Å². The summed E-state index contributed by atoms with van der Waals surface area (Å²) in [6, 6.07) is 0.639. The number of rotatable bonds is 4. The van der Waals surface area contributed by atoms with Crippen molar-refractivity contribution in [3.63, 3.8) is 0 Å². The van der Waals surface area contributed by atoms with Gasteiger partial charge in [-0.05, 0) is 26.3 Å². The molecule has 1 aliphatic heterocycles. The second-order valence-corrected chi connectivity index (χ2v) is 3.76. The molecule has 1 saturated heterocycles. The smallest absolute Gasteiger partial charge is 0.0727 e. The van der Waals surface area contributed by atoms with Gasteiger partial charge in [0, 0.05) is 25.3 Å². The van der Waals surface area contributed by atoms with Gasteiger partial charge in [0.05, 0.1) is 11.9 Å². The maximum absolute atomic E-state index is 4.21. The second-order valence-electron chi connectivity index (χ2n) is 3.76. The lowest BCUT2D eigenvalue weighted by molar-refractivity contribution is 0.633. The number of nitrogens with one attached hydrogen (secondary N) is 2. The van der Waals surface area contributed by atoms with Gasteiger partial charge in [-0.25, -0.2) is 0 Å². The molecule has 1 fully saturated rings. The van der Waals surface area contributed by atoms with E-state index in [4.69, 9.17) is 0 Å². The van der Waals surface area contributed by atoms with Crippen LogP contribution in [0.1, 0.15) is 19.8 Å². The van der Waals surface area contributed by atoms with E-state index >= 15 is 0 Å². The largest absolute Gasteiger partial charge is 0.381 e. The molecule has 78 valence electrons. The first-order valence-electron chi connectivity index (χ1n) is 5.38. The third kappa shape index (κ3) is 2.26. The Bertz CT molecular complexity index is 275. The van der Waals surface area contributed by atoms with E-state index in [9.17, 15) is 0 Å². The minimum atomic E-state index is 0.639. The molecule has 0 saturated carbocycles. The highest BCUT2D eigenvalue weighted by atomic mass is 15.3. The van der Waals surface area contributed by atoms with Crippen molar-refractivity contribution in [3.05, 3.63) is 12.4 Å². The van der Waals surface area contributed by atoms with Crippen LogP contribution in [0.25, 0.3) is 0 Å². The molecule has 0 radical (unpaired) electrons. The molecule has 1 unspecified atom stereocenters. The molecule has 0 aliphatic carbocycles. The maximum atomic E-state index is 4.21. The standard InChI is InChI=1S/C10H18N4/c1-2-14-8-10(7-13-14)12-6-9-4-3-5-11-9/h7-9,11-12H,2-6H2,1H3. The first-order valence-corrected chi connectivity index (χ1v) is 5.38. The fourth-order valence-electron chi connectivity index (χ4n) is 1.80. The Morgan fingerprint density at radius 2 is 2.64 bits per heavy atom. The maximum Gasteiger partial charge on any atom is 0.0727 e. The molecule has 14 heavy (non-hydrogen) atoms. The lowest BCUT2D eigenvalue weighted by Crippen LogP contribution is -2.29.